The summed E-state index contributed by atoms with van der Waals surface area (Å²) in [4.78, 5) is 78.9. The van der Waals surface area contributed by atoms with Gasteiger partial charge in [-0.15, -0.1) is 0 Å². The van der Waals surface area contributed by atoms with E-state index in [4.69, 9.17) is 19.6 Å². The molecule has 0 radical (unpaired) electrons. The van der Waals surface area contributed by atoms with Crippen LogP contribution in [0.15, 0.2) is 0 Å². The SMILES string of the molecule is O.O.O.O.O.O.O.O=P([O-])(O)C[NH+](CCCCCC[NH+](CP(=O)([O-])O)CP(=O)([O-])O)CP(=O)([O-])O.[Ba+2].[OH-]. The fourth-order valence-electron chi connectivity index (χ4n) is 2.65. The number of hydrogen-bond acceptors (Lipinski definition) is 9. The van der Waals surface area contributed by atoms with Crippen molar-refractivity contribution in [2.45, 2.75) is 25.7 Å². The Morgan fingerprint density at radius 1 is 0.459 bits per heavy atom. The van der Waals surface area contributed by atoms with Gasteiger partial charge in [-0.3, -0.25) is 0 Å². The van der Waals surface area contributed by atoms with E-state index in [2.05, 4.69) is 0 Å². The number of unbranched alkanes of at least 4 members (excludes halogenated alkanes) is 3. The van der Waals surface area contributed by atoms with E-state index < -0.39 is 55.5 Å². The van der Waals surface area contributed by atoms with Crippen LogP contribution in [0.4, 0.5) is 0 Å². The fourth-order valence-corrected chi connectivity index (χ4v) is 6.34. The van der Waals surface area contributed by atoms with Crippen molar-refractivity contribution in [3.63, 3.8) is 0 Å². The molecule has 0 saturated carbocycles. The zero-order chi connectivity index (χ0) is 22.2. The van der Waals surface area contributed by atoms with Crippen LogP contribution in [0.2, 0.25) is 0 Å². The van der Waals surface area contributed by atoms with Gasteiger partial charge in [-0.25, -0.2) is 0 Å². The maximum Gasteiger partial charge on any atom is 2.00 e. The van der Waals surface area contributed by atoms with E-state index in [-0.39, 0.29) is 116 Å². The van der Waals surface area contributed by atoms with Crippen molar-refractivity contribution < 1.29 is 111 Å². The standard InChI is InChI=1S/C10H28N2O12P4.Ba.8H2O/c13-25(14,15)7-11(8-26(16,17)18)5-3-1-2-4-6-12(9-27(19,20)21)10-28(22,23)24;;;;;;;;;/h1-10H2,(H2,13,14,15)(H2,16,17,18)(H2,19,20,21)(H2,22,23,24);;8*1H2/q;+2;;;;;;;;/p-3. The van der Waals surface area contributed by atoms with Crippen LogP contribution in [0.5, 0.6) is 0 Å². The molecule has 0 bridgehead atoms. The van der Waals surface area contributed by atoms with E-state index in [0.717, 1.165) is 0 Å². The molecule has 234 valence electrons. The Morgan fingerprint density at radius 2 is 0.622 bits per heavy atom. The van der Waals surface area contributed by atoms with Crippen LogP contribution in [0.3, 0.4) is 0 Å². The molecule has 27 heteroatoms. The van der Waals surface area contributed by atoms with Crippen LogP contribution in [0, 0.1) is 0 Å². The Kier molecular flexibility index (Phi) is 52.9. The van der Waals surface area contributed by atoms with Crippen molar-refractivity contribution in [1.29, 1.82) is 0 Å². The van der Waals surface area contributed by atoms with Crippen molar-refractivity contribution >= 4 is 79.3 Å². The summed E-state index contributed by atoms with van der Waals surface area (Å²) in [5, 5.41) is 0. The van der Waals surface area contributed by atoms with Gasteiger partial charge in [0.1, 0.15) is 25.1 Å². The monoisotopic (exact) mass is 771 g/mol. The minimum atomic E-state index is -4.74. The summed E-state index contributed by atoms with van der Waals surface area (Å²) >= 11 is 0. The van der Waals surface area contributed by atoms with E-state index >= 15 is 0 Å². The molecule has 22 nitrogen and oxygen atoms in total. The Labute approximate surface area is 252 Å². The van der Waals surface area contributed by atoms with Crippen molar-refractivity contribution in [3.8, 4) is 0 Å². The van der Waals surface area contributed by atoms with Gasteiger partial charge >= 0.3 is 48.9 Å². The van der Waals surface area contributed by atoms with Gasteiger partial charge in [-0.2, -0.15) is 0 Å². The summed E-state index contributed by atoms with van der Waals surface area (Å²) in [5.41, 5.74) is 0. The van der Waals surface area contributed by atoms with Crippen molar-refractivity contribution in [2.75, 3.05) is 38.2 Å². The largest absolute Gasteiger partial charge is 2.00 e. The van der Waals surface area contributed by atoms with Crippen molar-refractivity contribution in [1.82, 2.24) is 0 Å². The average Bonchev–Trinajstić information content (AvgIpc) is 2.34. The summed E-state index contributed by atoms with van der Waals surface area (Å²) in [7, 11) is -19.0. The molecule has 0 amide bonds. The average molecular weight is 771 g/mol. The Hall–Kier alpha value is 1.77. The van der Waals surface area contributed by atoms with E-state index in [0.29, 0.717) is 25.7 Å². The Morgan fingerprint density at radius 3 is 0.757 bits per heavy atom. The minimum Gasteiger partial charge on any atom is -0.870 e. The maximum absolute atomic E-state index is 10.9. The zero-order valence-electron chi connectivity index (χ0n) is 19.6. The molecule has 0 aliphatic carbocycles. The number of hydrogen-bond donors (Lipinski definition) is 6. The van der Waals surface area contributed by atoms with Gasteiger partial charge in [0.15, 0.2) is 30.4 Å². The number of rotatable bonds is 15. The van der Waals surface area contributed by atoms with Gasteiger partial charge in [0.25, 0.3) is 0 Å². The van der Waals surface area contributed by atoms with Gasteiger partial charge in [0.05, 0.1) is 13.1 Å². The number of quaternary nitrogens is 2. The molecule has 21 N–H and O–H groups in total. The molecular formula is C10H41BaN2O20P4-. The number of nitrogens with one attached hydrogen (secondary N) is 2. The molecule has 0 fully saturated rings. The first-order valence-corrected chi connectivity index (χ1v) is 15.2. The van der Waals surface area contributed by atoms with E-state index in [1.54, 1.807) is 0 Å². The molecule has 0 aliphatic rings. The molecule has 4 atom stereocenters. The van der Waals surface area contributed by atoms with E-state index in [1.807, 2.05) is 0 Å². The molecule has 0 aromatic rings. The predicted octanol–water partition coefficient (Wildman–Crippen LogP) is -12.0. The fraction of sp³-hybridized carbons (Fsp3) is 1.00. The summed E-state index contributed by atoms with van der Waals surface area (Å²) < 4.78 is 43.7. The molecule has 0 saturated heterocycles. The molecule has 37 heavy (non-hydrogen) atoms. The van der Waals surface area contributed by atoms with Crippen LogP contribution >= 0.6 is 30.4 Å². The zero-order valence-corrected chi connectivity index (χ0v) is 27.6. The molecule has 0 spiro atoms. The van der Waals surface area contributed by atoms with Crippen molar-refractivity contribution in [3.05, 3.63) is 0 Å². The van der Waals surface area contributed by atoms with E-state index in [9.17, 15) is 37.8 Å². The molecule has 0 aromatic carbocycles. The first kappa shape index (κ1) is 66.8. The summed E-state index contributed by atoms with van der Waals surface area (Å²) in [5.74, 6) is 0. The first-order valence-electron chi connectivity index (χ1n) is 8.15. The summed E-state index contributed by atoms with van der Waals surface area (Å²) in [6, 6.07) is 0. The molecule has 4 unspecified atom stereocenters. The second kappa shape index (κ2) is 29.3. The van der Waals surface area contributed by atoms with Crippen LogP contribution in [-0.4, -0.2) is 150 Å². The molecule has 0 rings (SSSR count). The van der Waals surface area contributed by atoms with Crippen LogP contribution < -0.4 is 29.4 Å². The molecule has 0 aromatic heterocycles. The Balaban J connectivity index is -0.000000101. The van der Waals surface area contributed by atoms with Gasteiger partial charge in [0, 0.05) is 0 Å². The van der Waals surface area contributed by atoms with Gasteiger partial charge in [0.2, 0.25) is 0 Å². The van der Waals surface area contributed by atoms with Crippen LogP contribution in [0.25, 0.3) is 0 Å². The first-order chi connectivity index (χ1) is 12.4. The topological polar surface area (TPSA) is 501 Å². The third-order valence-electron chi connectivity index (χ3n) is 3.50. The van der Waals surface area contributed by atoms with Crippen LogP contribution in [0.1, 0.15) is 25.7 Å². The normalized spacial score (nSPS) is 17.4. The minimum absolute atomic E-state index is 0. The molecule has 0 aliphatic heterocycles. The van der Waals surface area contributed by atoms with Gasteiger partial charge in [-0.05, 0) is 25.7 Å². The van der Waals surface area contributed by atoms with Gasteiger partial charge < -0.3 is 111 Å². The Bertz CT molecular complexity index is 562. The van der Waals surface area contributed by atoms with E-state index in [1.165, 1.54) is 0 Å². The van der Waals surface area contributed by atoms with Crippen molar-refractivity contribution in [2.24, 2.45) is 0 Å². The summed E-state index contributed by atoms with van der Waals surface area (Å²) in [6.45, 7) is 0.0178. The maximum atomic E-state index is 10.9. The quantitative estimate of drug-likeness (QED) is 0.0512. The predicted molar refractivity (Wildman–Crippen MR) is 122 cm³/mol. The summed E-state index contributed by atoms with van der Waals surface area (Å²) in [6.07, 6.45) is -2.00. The third kappa shape index (κ3) is 51.0. The molecule has 0 heterocycles. The molecular weight excluding hydrogens is 729 g/mol. The van der Waals surface area contributed by atoms with Crippen LogP contribution in [-0.2, 0) is 18.3 Å². The second-order valence-corrected chi connectivity index (χ2v) is 13.0. The smallest absolute Gasteiger partial charge is 0.870 e. The third-order valence-corrected chi connectivity index (χ3v) is 6.89. The second-order valence-electron chi connectivity index (χ2n) is 6.60. The van der Waals surface area contributed by atoms with Gasteiger partial charge in [-0.1, -0.05) is 0 Å².